The van der Waals surface area contributed by atoms with E-state index in [4.69, 9.17) is 16.9 Å². The third-order valence-corrected chi connectivity index (χ3v) is 4.91. The third kappa shape index (κ3) is 4.95. The number of nitro benzene ring substituents is 1. The van der Waals surface area contributed by atoms with Crippen LogP contribution in [0.4, 0.5) is 18.9 Å². The van der Waals surface area contributed by atoms with Gasteiger partial charge >= 0.3 is 6.18 Å². The smallest absolute Gasteiger partial charge is 0.370 e. The first kappa shape index (κ1) is 23.3. The van der Waals surface area contributed by atoms with E-state index in [9.17, 15) is 28.1 Å². The molecular formula is C21H19F3N6O3. The molecule has 0 atom stereocenters. The number of nitrogens with zero attached hydrogens (tertiary/aromatic N) is 1. The second-order valence-electron chi connectivity index (χ2n) is 7.03. The summed E-state index contributed by atoms with van der Waals surface area (Å²) >= 11 is 0. The molecule has 0 fully saturated rings. The van der Waals surface area contributed by atoms with Crippen LogP contribution in [0.3, 0.4) is 0 Å². The van der Waals surface area contributed by atoms with Crippen molar-refractivity contribution in [3.05, 3.63) is 75.3 Å². The summed E-state index contributed by atoms with van der Waals surface area (Å²) in [7, 11) is 0. The van der Waals surface area contributed by atoms with Crippen molar-refractivity contribution in [1.82, 2.24) is 10.3 Å². The number of benzene rings is 2. The molecule has 0 unspecified atom stereocenters. The van der Waals surface area contributed by atoms with Crippen LogP contribution in [0.15, 0.2) is 48.5 Å². The zero-order valence-electron chi connectivity index (χ0n) is 17.0. The van der Waals surface area contributed by atoms with Crippen molar-refractivity contribution in [1.29, 1.82) is 5.41 Å². The molecule has 12 heteroatoms. The molecule has 0 saturated heterocycles. The van der Waals surface area contributed by atoms with Crippen molar-refractivity contribution in [2.24, 2.45) is 11.5 Å². The number of halogens is 3. The molecular weight excluding hydrogens is 441 g/mol. The van der Waals surface area contributed by atoms with Gasteiger partial charge in [-0.25, -0.2) is 0 Å². The minimum Gasteiger partial charge on any atom is -0.370 e. The summed E-state index contributed by atoms with van der Waals surface area (Å²) in [5.41, 5.74) is 10.8. The number of hydrogen-bond acceptors (Lipinski definition) is 4. The summed E-state index contributed by atoms with van der Waals surface area (Å²) in [6, 6.07) is 9.94. The molecule has 33 heavy (non-hydrogen) atoms. The first-order valence-electron chi connectivity index (χ1n) is 9.54. The summed E-state index contributed by atoms with van der Waals surface area (Å²) in [5, 5.41) is 21.4. The van der Waals surface area contributed by atoms with Gasteiger partial charge in [0.25, 0.3) is 11.6 Å². The first-order chi connectivity index (χ1) is 15.5. The maximum Gasteiger partial charge on any atom is 0.416 e. The van der Waals surface area contributed by atoms with Crippen LogP contribution in [0.25, 0.3) is 22.5 Å². The maximum absolute atomic E-state index is 13.0. The second kappa shape index (κ2) is 9.02. The number of nitro groups is 1. The van der Waals surface area contributed by atoms with E-state index in [1.54, 1.807) is 6.07 Å². The largest absolute Gasteiger partial charge is 0.416 e. The van der Waals surface area contributed by atoms with Gasteiger partial charge in [0, 0.05) is 18.3 Å². The number of alkyl halides is 3. The number of aromatic amines is 1. The van der Waals surface area contributed by atoms with Crippen LogP contribution in [0.5, 0.6) is 0 Å². The third-order valence-electron chi connectivity index (χ3n) is 4.91. The van der Waals surface area contributed by atoms with E-state index >= 15 is 0 Å². The van der Waals surface area contributed by atoms with Crippen molar-refractivity contribution in [3.8, 4) is 22.5 Å². The van der Waals surface area contributed by atoms with Gasteiger partial charge in [-0.2, -0.15) is 13.2 Å². The fourth-order valence-electron chi connectivity index (χ4n) is 3.50. The van der Waals surface area contributed by atoms with Crippen LogP contribution in [-0.2, 0) is 12.6 Å². The van der Waals surface area contributed by atoms with Gasteiger partial charge in [0.2, 0.25) is 0 Å². The topological polar surface area (TPSA) is 164 Å². The van der Waals surface area contributed by atoms with Gasteiger partial charge in [0.15, 0.2) is 5.96 Å². The first-order valence-corrected chi connectivity index (χ1v) is 9.54. The van der Waals surface area contributed by atoms with E-state index < -0.39 is 22.6 Å². The molecule has 2 aromatic carbocycles. The van der Waals surface area contributed by atoms with Gasteiger partial charge in [-0.1, -0.05) is 24.3 Å². The number of primary amides is 1. The molecule has 0 bridgehead atoms. The standard InChI is InChI=1S/C21H19F3N6O3/c22-21(23,24)12-7-5-11(6-8-12)17-14(9-10-28-20(26)27)16(19(25)31)18(29-17)13-3-1-2-4-15(13)30(32)33/h1-8,29H,9-10H2,(H2,25,31)(H4,26,27,28). The molecule has 172 valence electrons. The number of rotatable bonds is 7. The molecule has 7 N–H and O–H groups in total. The zero-order valence-corrected chi connectivity index (χ0v) is 17.0. The van der Waals surface area contributed by atoms with Crippen molar-refractivity contribution >= 4 is 17.6 Å². The minimum atomic E-state index is -4.53. The Hall–Kier alpha value is -4.35. The molecule has 9 nitrogen and oxygen atoms in total. The maximum atomic E-state index is 13.0. The molecule has 0 radical (unpaired) electrons. The van der Waals surface area contributed by atoms with Gasteiger partial charge in [-0.15, -0.1) is 0 Å². The molecule has 0 spiro atoms. The van der Waals surface area contributed by atoms with E-state index in [2.05, 4.69) is 10.3 Å². The van der Waals surface area contributed by atoms with Crippen LogP contribution in [0.2, 0.25) is 0 Å². The van der Waals surface area contributed by atoms with E-state index in [0.717, 1.165) is 12.1 Å². The van der Waals surface area contributed by atoms with Gasteiger partial charge < -0.3 is 21.8 Å². The van der Waals surface area contributed by atoms with E-state index in [-0.39, 0.29) is 47.1 Å². The Morgan fingerprint density at radius 3 is 2.27 bits per heavy atom. The number of amides is 1. The predicted octanol–water partition coefficient (Wildman–Crippen LogP) is 3.40. The molecule has 0 aliphatic rings. The van der Waals surface area contributed by atoms with Crippen LogP contribution in [-0.4, -0.2) is 28.3 Å². The normalized spacial score (nSPS) is 11.2. The highest BCUT2D eigenvalue weighted by molar-refractivity contribution is 6.04. The number of nitrogens with one attached hydrogen (secondary N) is 3. The van der Waals surface area contributed by atoms with E-state index in [1.165, 1.54) is 30.3 Å². The number of carbonyl (C=O) groups excluding carboxylic acids is 1. The highest BCUT2D eigenvalue weighted by Crippen LogP contribution is 2.38. The monoisotopic (exact) mass is 460 g/mol. The second-order valence-corrected chi connectivity index (χ2v) is 7.03. The lowest BCUT2D eigenvalue weighted by Gasteiger charge is -2.10. The quantitative estimate of drug-likeness (QED) is 0.158. The SMILES string of the molecule is N=C(N)NCCc1c(-c2ccc(C(F)(F)F)cc2)[nH]c(-c2ccccc2[N+](=O)[O-])c1C(N)=O. The van der Waals surface area contributed by atoms with Crippen LogP contribution >= 0.6 is 0 Å². The number of para-hydroxylation sites is 1. The van der Waals surface area contributed by atoms with Crippen LogP contribution in [0.1, 0.15) is 21.5 Å². The number of carbonyl (C=O) groups is 1. The Balaban J connectivity index is 2.24. The highest BCUT2D eigenvalue weighted by Gasteiger charge is 2.31. The van der Waals surface area contributed by atoms with Crippen LogP contribution < -0.4 is 16.8 Å². The van der Waals surface area contributed by atoms with E-state index in [1.807, 2.05) is 0 Å². The average Bonchev–Trinajstić information content (AvgIpc) is 3.12. The molecule has 1 amide bonds. The summed E-state index contributed by atoms with van der Waals surface area (Å²) in [5.74, 6) is -1.20. The Labute approximate surface area is 185 Å². The molecule has 3 rings (SSSR count). The molecule has 3 aromatic rings. The number of H-pyrrole nitrogens is 1. The molecule has 1 heterocycles. The van der Waals surface area contributed by atoms with Crippen molar-refractivity contribution in [3.63, 3.8) is 0 Å². The zero-order chi connectivity index (χ0) is 24.3. The molecule has 0 aliphatic carbocycles. The minimum absolute atomic E-state index is 0.0375. The van der Waals surface area contributed by atoms with E-state index in [0.29, 0.717) is 11.1 Å². The van der Waals surface area contributed by atoms with Crippen molar-refractivity contribution in [2.75, 3.05) is 6.54 Å². The average molecular weight is 460 g/mol. The number of hydrogen-bond donors (Lipinski definition) is 5. The molecule has 0 aliphatic heterocycles. The van der Waals surface area contributed by atoms with Crippen LogP contribution in [0, 0.1) is 15.5 Å². The summed E-state index contributed by atoms with van der Waals surface area (Å²) in [6.45, 7) is 0.109. The Kier molecular flexibility index (Phi) is 6.38. The van der Waals surface area contributed by atoms with Gasteiger partial charge in [-0.05, 0) is 35.7 Å². The van der Waals surface area contributed by atoms with Crippen molar-refractivity contribution < 1.29 is 22.9 Å². The lowest BCUT2D eigenvalue weighted by atomic mass is 9.97. The fraction of sp³-hybridized carbons (Fsp3) is 0.143. The number of aromatic nitrogens is 1. The molecule has 1 aromatic heterocycles. The van der Waals surface area contributed by atoms with Gasteiger partial charge in [0.05, 0.1) is 27.3 Å². The highest BCUT2D eigenvalue weighted by atomic mass is 19.4. The molecule has 0 saturated carbocycles. The predicted molar refractivity (Wildman–Crippen MR) is 115 cm³/mol. The Morgan fingerprint density at radius 2 is 1.73 bits per heavy atom. The van der Waals surface area contributed by atoms with Crippen molar-refractivity contribution in [2.45, 2.75) is 12.6 Å². The lowest BCUT2D eigenvalue weighted by Crippen LogP contribution is -2.32. The van der Waals surface area contributed by atoms with Gasteiger partial charge in [-0.3, -0.25) is 20.3 Å². The summed E-state index contributed by atoms with van der Waals surface area (Å²) in [4.78, 5) is 26.3. The van der Waals surface area contributed by atoms with Gasteiger partial charge in [0.1, 0.15) is 0 Å². The summed E-state index contributed by atoms with van der Waals surface area (Å²) in [6.07, 6.45) is -4.43. The Morgan fingerprint density at radius 1 is 1.09 bits per heavy atom. The number of guanidine groups is 1. The summed E-state index contributed by atoms with van der Waals surface area (Å²) < 4.78 is 39.0. The lowest BCUT2D eigenvalue weighted by molar-refractivity contribution is -0.384. The Bertz CT molecular complexity index is 1220. The fourth-order valence-corrected chi connectivity index (χ4v) is 3.50. The number of nitrogens with two attached hydrogens (primary N) is 2.